The molecule has 0 aromatic carbocycles. The molecule has 70 valence electrons. The molecule has 0 aliphatic carbocycles. The van der Waals surface area contributed by atoms with Crippen LogP contribution in [-0.2, 0) is 4.74 Å². The van der Waals surface area contributed by atoms with Gasteiger partial charge in [-0.05, 0) is 6.42 Å². The predicted octanol–water partition coefficient (Wildman–Crippen LogP) is 3.15. The van der Waals surface area contributed by atoms with Gasteiger partial charge < -0.3 is 4.74 Å². The topological polar surface area (TPSA) is 9.23 Å². The Balaban J connectivity index is 0. The first-order valence-corrected chi connectivity index (χ1v) is 4.40. The third kappa shape index (κ3) is 13.0. The summed E-state index contributed by atoms with van der Waals surface area (Å²) >= 11 is 0. The van der Waals surface area contributed by atoms with Crippen LogP contribution in [0.1, 0.15) is 45.4 Å². The molecule has 0 aromatic rings. The Morgan fingerprint density at radius 3 is 2.00 bits per heavy atom. The van der Waals surface area contributed by atoms with Gasteiger partial charge >= 0.3 is 0 Å². The molecule has 0 radical (unpaired) electrons. The lowest BCUT2D eigenvalue weighted by Gasteiger charge is -1.98. The van der Waals surface area contributed by atoms with Crippen molar-refractivity contribution < 1.29 is 9.44 Å². The smallest absolute Gasteiger partial charge is 0.0462 e. The number of unbranched alkanes of at least 4 members (excludes halogenated alkanes) is 5. The first kappa shape index (κ1) is 13.5. The van der Waals surface area contributed by atoms with Gasteiger partial charge in [-0.1, -0.05) is 39.0 Å². The molecule has 0 saturated carbocycles. The first-order valence-electron chi connectivity index (χ1n) is 4.40. The fraction of sp³-hybridized carbons (Fsp3) is 1.00. The highest BCUT2D eigenvalue weighted by Crippen LogP contribution is 2.04. The number of rotatable bonds is 7. The van der Waals surface area contributed by atoms with Gasteiger partial charge in [-0.2, -0.15) is 0 Å². The van der Waals surface area contributed by atoms with Gasteiger partial charge in [-0.25, -0.2) is 0 Å². The molecule has 0 amide bonds. The molecule has 11 heavy (non-hydrogen) atoms. The third-order valence-corrected chi connectivity index (χ3v) is 1.70. The van der Waals surface area contributed by atoms with E-state index in [0.29, 0.717) is 0 Å². The van der Waals surface area contributed by atoms with E-state index in [0.717, 1.165) is 6.61 Å². The molecule has 1 nitrogen and oxygen atoms in total. The van der Waals surface area contributed by atoms with Gasteiger partial charge in [0.15, 0.2) is 0 Å². The van der Waals surface area contributed by atoms with Crippen molar-refractivity contribution in [1.82, 2.24) is 0 Å². The van der Waals surface area contributed by atoms with Gasteiger partial charge in [0.25, 0.3) is 0 Å². The number of methoxy groups -OCH3 is 1. The van der Waals surface area contributed by atoms with Gasteiger partial charge in [0.1, 0.15) is 0 Å². The maximum absolute atomic E-state index is 4.95. The molecule has 0 unspecified atom stereocenters. The summed E-state index contributed by atoms with van der Waals surface area (Å²) in [6.45, 7) is 3.18. The van der Waals surface area contributed by atoms with Crippen LogP contribution in [-0.4, -0.2) is 13.7 Å². The van der Waals surface area contributed by atoms with Crippen molar-refractivity contribution in [3.8, 4) is 0 Å². The molecule has 0 spiro atoms. The summed E-state index contributed by atoms with van der Waals surface area (Å²) in [4.78, 5) is 0. The molecule has 2 heteroatoms. The maximum atomic E-state index is 4.95. The quantitative estimate of drug-likeness (QED) is 0.525. The standard InChI is InChI=1S/C9H20O.FH/c1-3-4-5-6-7-8-9-10-2;/h3-9H2,1-2H3;1H. The van der Waals surface area contributed by atoms with Crippen LogP contribution in [0.25, 0.3) is 0 Å². The molecule has 0 rings (SSSR count). The van der Waals surface area contributed by atoms with E-state index in [1.54, 1.807) is 7.11 Å². The van der Waals surface area contributed by atoms with Crippen LogP contribution in [0.4, 0.5) is 4.70 Å². The van der Waals surface area contributed by atoms with Gasteiger partial charge in [0.05, 0.1) is 0 Å². The van der Waals surface area contributed by atoms with E-state index < -0.39 is 0 Å². The summed E-state index contributed by atoms with van der Waals surface area (Å²) in [5, 5.41) is 0. The number of hydrogen-bond donors (Lipinski definition) is 0. The summed E-state index contributed by atoms with van der Waals surface area (Å²) in [7, 11) is 1.77. The van der Waals surface area contributed by atoms with Crippen molar-refractivity contribution in [2.45, 2.75) is 45.4 Å². The Bertz CT molecular complexity index is 49.5. The van der Waals surface area contributed by atoms with E-state index in [1.807, 2.05) is 0 Å². The van der Waals surface area contributed by atoms with Crippen LogP contribution in [0.15, 0.2) is 0 Å². The zero-order valence-corrected chi connectivity index (χ0v) is 7.77. The molecular formula is C9H21FO. The molecule has 0 heterocycles. The number of halogens is 1. The van der Waals surface area contributed by atoms with Gasteiger partial charge in [-0.15, -0.1) is 0 Å². The van der Waals surface area contributed by atoms with E-state index in [1.165, 1.54) is 38.5 Å². The molecule has 0 aromatic heterocycles. The average Bonchev–Trinajstić information content (AvgIpc) is 1.97. The first-order chi connectivity index (χ1) is 4.91. The minimum absolute atomic E-state index is 0. The Labute approximate surface area is 69.5 Å². The summed E-state index contributed by atoms with van der Waals surface area (Å²) in [5.41, 5.74) is 0. The highest BCUT2D eigenvalue weighted by atomic mass is 19.0. The Kier molecular flexibility index (Phi) is 15.4. The van der Waals surface area contributed by atoms with Crippen molar-refractivity contribution in [3.63, 3.8) is 0 Å². The van der Waals surface area contributed by atoms with E-state index in [9.17, 15) is 0 Å². The van der Waals surface area contributed by atoms with Crippen LogP contribution in [0.2, 0.25) is 0 Å². The van der Waals surface area contributed by atoms with E-state index >= 15 is 0 Å². The summed E-state index contributed by atoms with van der Waals surface area (Å²) in [5.74, 6) is 0. The monoisotopic (exact) mass is 164 g/mol. The average molecular weight is 164 g/mol. The van der Waals surface area contributed by atoms with Crippen molar-refractivity contribution in [3.05, 3.63) is 0 Å². The van der Waals surface area contributed by atoms with E-state index in [4.69, 9.17) is 4.74 Å². The Hall–Kier alpha value is -0.110. The molecule has 0 aliphatic heterocycles. The van der Waals surface area contributed by atoms with Crippen LogP contribution in [0.5, 0.6) is 0 Å². The lowest BCUT2D eigenvalue weighted by Crippen LogP contribution is -1.87. The minimum atomic E-state index is 0. The molecule has 0 fully saturated rings. The van der Waals surface area contributed by atoms with Crippen molar-refractivity contribution in [2.75, 3.05) is 13.7 Å². The third-order valence-electron chi connectivity index (χ3n) is 1.70. The Morgan fingerprint density at radius 1 is 0.909 bits per heavy atom. The number of hydrogen-bond acceptors (Lipinski definition) is 1. The molecule has 0 saturated heterocycles. The largest absolute Gasteiger partial charge is 0.385 e. The van der Waals surface area contributed by atoms with Crippen molar-refractivity contribution in [1.29, 1.82) is 0 Å². The molecule has 0 atom stereocenters. The lowest BCUT2D eigenvalue weighted by atomic mass is 10.1. The van der Waals surface area contributed by atoms with Gasteiger partial charge in [0.2, 0.25) is 0 Å². The van der Waals surface area contributed by atoms with Crippen LogP contribution in [0, 0.1) is 0 Å². The van der Waals surface area contributed by atoms with E-state index in [-0.39, 0.29) is 4.70 Å². The second-order valence-corrected chi connectivity index (χ2v) is 2.76. The van der Waals surface area contributed by atoms with Crippen molar-refractivity contribution in [2.24, 2.45) is 0 Å². The van der Waals surface area contributed by atoms with E-state index in [2.05, 4.69) is 6.92 Å². The molecular weight excluding hydrogens is 143 g/mol. The zero-order chi connectivity index (χ0) is 7.66. The van der Waals surface area contributed by atoms with Gasteiger partial charge in [-0.3, -0.25) is 4.70 Å². The molecule has 0 aliphatic rings. The minimum Gasteiger partial charge on any atom is -0.385 e. The second-order valence-electron chi connectivity index (χ2n) is 2.76. The van der Waals surface area contributed by atoms with Gasteiger partial charge in [0, 0.05) is 13.7 Å². The summed E-state index contributed by atoms with van der Waals surface area (Å²) in [6, 6.07) is 0. The number of ether oxygens (including phenoxy) is 1. The highest BCUT2D eigenvalue weighted by molar-refractivity contribution is 4.42. The second kappa shape index (κ2) is 12.6. The highest BCUT2D eigenvalue weighted by Gasteiger charge is 1.87. The van der Waals surface area contributed by atoms with Crippen LogP contribution < -0.4 is 0 Å². The van der Waals surface area contributed by atoms with Crippen molar-refractivity contribution >= 4 is 0 Å². The molecule has 0 N–H and O–H groups in total. The Morgan fingerprint density at radius 2 is 1.45 bits per heavy atom. The predicted molar refractivity (Wildman–Crippen MR) is 47.8 cm³/mol. The van der Waals surface area contributed by atoms with Crippen LogP contribution >= 0.6 is 0 Å². The fourth-order valence-corrected chi connectivity index (χ4v) is 1.03. The maximum Gasteiger partial charge on any atom is 0.0462 e. The fourth-order valence-electron chi connectivity index (χ4n) is 1.03. The zero-order valence-electron chi connectivity index (χ0n) is 7.77. The normalized spacial score (nSPS) is 9.27. The van der Waals surface area contributed by atoms with Crippen LogP contribution in [0.3, 0.4) is 0 Å². The SMILES string of the molecule is CCCCCCCCOC.F. The summed E-state index contributed by atoms with van der Waals surface area (Å²) < 4.78 is 4.95. The summed E-state index contributed by atoms with van der Waals surface area (Å²) in [6.07, 6.45) is 8.10. The lowest BCUT2D eigenvalue weighted by molar-refractivity contribution is 0.192. The molecule has 0 bridgehead atoms.